The molecule has 1 saturated heterocycles. The van der Waals surface area contributed by atoms with E-state index in [0.717, 1.165) is 42.9 Å². The maximum Gasteiger partial charge on any atom is 0.259 e. The Morgan fingerprint density at radius 1 is 1.38 bits per heavy atom. The largest absolute Gasteiger partial charge is 0.306 e. The average Bonchev–Trinajstić information content (AvgIpc) is 3.13. The molecule has 4 rings (SSSR count). The van der Waals surface area contributed by atoms with Gasteiger partial charge in [0.2, 0.25) is 0 Å². The number of rotatable bonds is 2. The van der Waals surface area contributed by atoms with Gasteiger partial charge in [-0.2, -0.15) is 5.10 Å². The Bertz CT molecular complexity index is 863. The third-order valence-electron chi connectivity index (χ3n) is 4.48. The zero-order chi connectivity index (χ0) is 14.4. The van der Waals surface area contributed by atoms with E-state index in [1.807, 2.05) is 34.8 Å². The molecule has 1 aliphatic rings. The fraction of sp³-hybridized carbons (Fsp3) is 0.375. The minimum absolute atomic E-state index is 0.0499. The number of aromatic amines is 1. The summed E-state index contributed by atoms with van der Waals surface area (Å²) in [5.41, 5.74) is 2.68. The number of H-pyrrole nitrogens is 1. The summed E-state index contributed by atoms with van der Waals surface area (Å²) in [6, 6.07) is 9.63. The molecule has 1 atom stereocenters. The Morgan fingerprint density at radius 2 is 2.24 bits per heavy atom. The van der Waals surface area contributed by atoms with Gasteiger partial charge in [0, 0.05) is 18.5 Å². The number of fused-ring (bicyclic) bond motifs is 3. The molecule has 1 fully saturated rings. The normalized spacial score (nSPS) is 19.8. The fourth-order valence-electron chi connectivity index (χ4n) is 3.27. The van der Waals surface area contributed by atoms with Crippen LogP contribution in [0.3, 0.4) is 0 Å². The third-order valence-corrected chi connectivity index (χ3v) is 4.48. The predicted octanol–water partition coefficient (Wildman–Crippen LogP) is 1.98. The standard InChI is InChI=1S/C16H18N4O/c1-2-19-8-7-11(10-19)13-9-15-17-16(21)12-5-3-4-6-14(12)20(15)18-13/h3-6,9,11H,2,7-8,10H2,1H3,(H,17,21). The quantitative estimate of drug-likeness (QED) is 0.782. The van der Waals surface area contributed by atoms with Crippen LogP contribution < -0.4 is 5.56 Å². The van der Waals surface area contributed by atoms with Crippen molar-refractivity contribution >= 4 is 16.6 Å². The van der Waals surface area contributed by atoms with E-state index in [1.165, 1.54) is 0 Å². The Morgan fingerprint density at radius 3 is 3.05 bits per heavy atom. The molecule has 0 aliphatic carbocycles. The number of aromatic nitrogens is 3. The van der Waals surface area contributed by atoms with Crippen molar-refractivity contribution in [3.8, 4) is 0 Å². The van der Waals surface area contributed by atoms with Gasteiger partial charge < -0.3 is 9.88 Å². The Balaban J connectivity index is 1.87. The highest BCUT2D eigenvalue weighted by molar-refractivity contribution is 5.80. The lowest BCUT2D eigenvalue weighted by Gasteiger charge is -2.11. The Hall–Kier alpha value is -2.14. The number of nitrogens with one attached hydrogen (secondary N) is 1. The molecule has 2 aromatic heterocycles. The molecule has 0 spiro atoms. The van der Waals surface area contributed by atoms with Crippen molar-refractivity contribution in [3.05, 3.63) is 46.4 Å². The number of likely N-dealkylation sites (tertiary alicyclic amines) is 1. The minimum atomic E-state index is -0.0499. The van der Waals surface area contributed by atoms with Crippen molar-refractivity contribution in [2.75, 3.05) is 19.6 Å². The van der Waals surface area contributed by atoms with Crippen LogP contribution in [0.4, 0.5) is 0 Å². The van der Waals surface area contributed by atoms with E-state index in [2.05, 4.69) is 16.8 Å². The van der Waals surface area contributed by atoms with Crippen molar-refractivity contribution in [3.63, 3.8) is 0 Å². The molecule has 0 bridgehead atoms. The van der Waals surface area contributed by atoms with Gasteiger partial charge in [-0.05, 0) is 31.6 Å². The first-order valence-corrected chi connectivity index (χ1v) is 7.49. The summed E-state index contributed by atoms with van der Waals surface area (Å²) in [6.07, 6.45) is 1.14. The molecule has 0 saturated carbocycles. The summed E-state index contributed by atoms with van der Waals surface area (Å²) >= 11 is 0. The smallest absolute Gasteiger partial charge is 0.259 e. The van der Waals surface area contributed by atoms with Gasteiger partial charge in [-0.3, -0.25) is 4.79 Å². The number of nitrogens with zero attached hydrogens (tertiary/aromatic N) is 3. The maximum atomic E-state index is 12.1. The number of para-hydroxylation sites is 1. The van der Waals surface area contributed by atoms with E-state index < -0.39 is 0 Å². The lowest BCUT2D eigenvalue weighted by Crippen LogP contribution is -2.19. The lowest BCUT2D eigenvalue weighted by molar-refractivity contribution is 0.353. The van der Waals surface area contributed by atoms with Crippen LogP contribution >= 0.6 is 0 Å². The molecule has 0 amide bonds. The first-order chi connectivity index (χ1) is 10.3. The summed E-state index contributed by atoms with van der Waals surface area (Å²) in [6.45, 7) is 5.47. The van der Waals surface area contributed by atoms with E-state index >= 15 is 0 Å². The van der Waals surface area contributed by atoms with Crippen molar-refractivity contribution in [1.82, 2.24) is 19.5 Å². The van der Waals surface area contributed by atoms with E-state index in [-0.39, 0.29) is 5.56 Å². The van der Waals surface area contributed by atoms with E-state index in [1.54, 1.807) is 0 Å². The van der Waals surface area contributed by atoms with Gasteiger partial charge in [-0.15, -0.1) is 0 Å². The summed E-state index contributed by atoms with van der Waals surface area (Å²) in [7, 11) is 0. The van der Waals surface area contributed by atoms with Crippen LogP contribution in [0.15, 0.2) is 35.1 Å². The Kier molecular flexibility index (Phi) is 2.82. The van der Waals surface area contributed by atoms with Crippen molar-refractivity contribution in [1.29, 1.82) is 0 Å². The molecule has 0 radical (unpaired) electrons. The molecule has 21 heavy (non-hydrogen) atoms. The lowest BCUT2D eigenvalue weighted by atomic mass is 10.1. The molecule has 3 aromatic rings. The van der Waals surface area contributed by atoms with Crippen molar-refractivity contribution in [2.24, 2.45) is 0 Å². The molecule has 1 aliphatic heterocycles. The highest BCUT2D eigenvalue weighted by atomic mass is 16.1. The van der Waals surface area contributed by atoms with E-state index in [4.69, 9.17) is 5.10 Å². The number of benzene rings is 1. The van der Waals surface area contributed by atoms with Gasteiger partial charge in [0.15, 0.2) is 0 Å². The van der Waals surface area contributed by atoms with Gasteiger partial charge >= 0.3 is 0 Å². The van der Waals surface area contributed by atoms with Crippen LogP contribution in [0.1, 0.15) is 25.0 Å². The fourth-order valence-corrected chi connectivity index (χ4v) is 3.27. The first kappa shape index (κ1) is 12.6. The summed E-state index contributed by atoms with van der Waals surface area (Å²) in [4.78, 5) is 17.5. The highest BCUT2D eigenvalue weighted by Crippen LogP contribution is 2.27. The summed E-state index contributed by atoms with van der Waals surface area (Å²) in [5.74, 6) is 0.465. The number of likely N-dealkylation sites (N-methyl/N-ethyl adjacent to an activating group) is 1. The van der Waals surface area contributed by atoms with Gasteiger partial charge in [0.25, 0.3) is 5.56 Å². The monoisotopic (exact) mass is 282 g/mol. The zero-order valence-corrected chi connectivity index (χ0v) is 12.0. The topological polar surface area (TPSA) is 53.4 Å². The molecule has 3 heterocycles. The highest BCUT2D eigenvalue weighted by Gasteiger charge is 2.25. The second kappa shape index (κ2) is 4.70. The Labute approximate surface area is 122 Å². The van der Waals surface area contributed by atoms with Crippen LogP contribution in [-0.4, -0.2) is 39.1 Å². The molecular formula is C16H18N4O. The van der Waals surface area contributed by atoms with E-state index in [0.29, 0.717) is 11.3 Å². The molecule has 1 unspecified atom stereocenters. The van der Waals surface area contributed by atoms with Crippen LogP contribution in [0.2, 0.25) is 0 Å². The second-order valence-corrected chi connectivity index (χ2v) is 5.72. The van der Waals surface area contributed by atoms with Gasteiger partial charge in [-0.1, -0.05) is 19.1 Å². The molecule has 5 nitrogen and oxygen atoms in total. The molecule has 108 valence electrons. The minimum Gasteiger partial charge on any atom is -0.306 e. The first-order valence-electron chi connectivity index (χ1n) is 7.49. The summed E-state index contributed by atoms with van der Waals surface area (Å²) < 4.78 is 1.86. The van der Waals surface area contributed by atoms with E-state index in [9.17, 15) is 4.79 Å². The summed E-state index contributed by atoms with van der Waals surface area (Å²) in [5, 5.41) is 5.43. The average molecular weight is 282 g/mol. The number of hydrogen-bond donors (Lipinski definition) is 1. The van der Waals surface area contributed by atoms with Crippen LogP contribution in [0.5, 0.6) is 0 Å². The van der Waals surface area contributed by atoms with Gasteiger partial charge in [0.05, 0.1) is 16.6 Å². The maximum absolute atomic E-state index is 12.1. The predicted molar refractivity (Wildman–Crippen MR) is 82.8 cm³/mol. The van der Waals surface area contributed by atoms with Crippen molar-refractivity contribution in [2.45, 2.75) is 19.3 Å². The second-order valence-electron chi connectivity index (χ2n) is 5.72. The molecule has 5 heteroatoms. The van der Waals surface area contributed by atoms with Crippen molar-refractivity contribution < 1.29 is 0 Å². The van der Waals surface area contributed by atoms with Crippen LogP contribution in [0.25, 0.3) is 16.6 Å². The van der Waals surface area contributed by atoms with Gasteiger partial charge in [0.1, 0.15) is 5.65 Å². The molecular weight excluding hydrogens is 264 g/mol. The van der Waals surface area contributed by atoms with Crippen LogP contribution in [-0.2, 0) is 0 Å². The number of hydrogen-bond acceptors (Lipinski definition) is 3. The molecule has 1 N–H and O–H groups in total. The van der Waals surface area contributed by atoms with Gasteiger partial charge in [-0.25, -0.2) is 4.52 Å². The zero-order valence-electron chi connectivity index (χ0n) is 12.0. The third kappa shape index (κ3) is 1.96. The molecule has 1 aromatic carbocycles. The SMILES string of the molecule is CCN1CCC(c2cc3[nH]c(=O)c4ccccc4n3n2)C1. The van der Waals surface area contributed by atoms with Crippen LogP contribution in [0, 0.1) is 0 Å².